The molecular weight excluding hydrogens is 234 g/mol. The number of carbonyl (C=O) groups is 1. The van der Waals surface area contributed by atoms with E-state index in [4.69, 9.17) is 12.2 Å². The van der Waals surface area contributed by atoms with E-state index < -0.39 is 0 Å². The van der Waals surface area contributed by atoms with Crippen LogP contribution in [0, 0.1) is 0 Å². The summed E-state index contributed by atoms with van der Waals surface area (Å²) in [6, 6.07) is 9.49. The largest absolute Gasteiger partial charge is 0.332 e. The van der Waals surface area contributed by atoms with Gasteiger partial charge in [-0.3, -0.25) is 9.78 Å². The van der Waals surface area contributed by atoms with Crippen molar-refractivity contribution in [3.05, 3.63) is 36.5 Å². The Hall–Kier alpha value is -2.01. The number of anilines is 1. The Morgan fingerprint density at radius 3 is 2.88 bits per heavy atom. The topological polar surface area (TPSA) is 54.0 Å². The van der Waals surface area contributed by atoms with Crippen LogP contribution in [0.2, 0.25) is 0 Å². The highest BCUT2D eigenvalue weighted by Crippen LogP contribution is 2.20. The molecule has 0 saturated carbocycles. The van der Waals surface area contributed by atoms with Crippen molar-refractivity contribution in [2.75, 3.05) is 5.32 Å². The highest BCUT2D eigenvalue weighted by Gasteiger charge is 2.03. The Bertz CT molecular complexity index is 577. The number of aromatic nitrogens is 1. The van der Waals surface area contributed by atoms with E-state index in [0.29, 0.717) is 0 Å². The van der Waals surface area contributed by atoms with Crippen LogP contribution < -0.4 is 10.6 Å². The summed E-state index contributed by atoms with van der Waals surface area (Å²) < 4.78 is 0. The highest BCUT2D eigenvalue weighted by atomic mass is 32.1. The van der Waals surface area contributed by atoms with Crippen molar-refractivity contribution in [3.8, 4) is 0 Å². The molecule has 86 valence electrons. The lowest BCUT2D eigenvalue weighted by atomic mass is 10.2. The quantitative estimate of drug-likeness (QED) is 0.755. The lowest BCUT2D eigenvalue weighted by molar-refractivity contribution is -0.117. The summed E-state index contributed by atoms with van der Waals surface area (Å²) in [5.41, 5.74) is 1.71. The molecule has 5 heteroatoms. The van der Waals surface area contributed by atoms with Crippen LogP contribution in [0.15, 0.2) is 36.5 Å². The van der Waals surface area contributed by atoms with Gasteiger partial charge in [0.1, 0.15) is 0 Å². The molecule has 0 aliphatic heterocycles. The molecule has 2 rings (SSSR count). The summed E-state index contributed by atoms with van der Waals surface area (Å²) in [5.74, 6) is -0.194. The van der Waals surface area contributed by atoms with E-state index in [1.54, 1.807) is 6.20 Å². The van der Waals surface area contributed by atoms with Gasteiger partial charge >= 0.3 is 0 Å². The third-order valence-electron chi connectivity index (χ3n) is 2.18. The first-order valence-electron chi connectivity index (χ1n) is 5.09. The van der Waals surface area contributed by atoms with Crippen LogP contribution in [-0.2, 0) is 4.79 Å². The molecule has 17 heavy (non-hydrogen) atoms. The number of rotatable bonds is 1. The first kappa shape index (κ1) is 11.5. The van der Waals surface area contributed by atoms with E-state index in [1.807, 2.05) is 30.3 Å². The summed E-state index contributed by atoms with van der Waals surface area (Å²) in [5, 5.41) is 6.74. The van der Waals surface area contributed by atoms with Gasteiger partial charge in [-0.15, -0.1) is 0 Å². The van der Waals surface area contributed by atoms with Gasteiger partial charge in [0.05, 0.1) is 5.52 Å². The maximum Gasteiger partial charge on any atom is 0.222 e. The molecule has 0 saturated heterocycles. The lowest BCUT2D eigenvalue weighted by Gasteiger charge is -2.10. The molecular formula is C12H11N3OS. The number of nitrogens with one attached hydrogen (secondary N) is 2. The molecule has 4 nitrogen and oxygen atoms in total. The highest BCUT2D eigenvalue weighted by molar-refractivity contribution is 7.80. The number of benzene rings is 1. The molecule has 0 atom stereocenters. The number of thiocarbonyl (C=S) groups is 1. The van der Waals surface area contributed by atoms with Crippen molar-refractivity contribution in [1.82, 2.24) is 10.3 Å². The molecule has 0 unspecified atom stereocenters. The van der Waals surface area contributed by atoms with E-state index in [-0.39, 0.29) is 11.0 Å². The predicted molar refractivity (Wildman–Crippen MR) is 71.8 cm³/mol. The third-order valence-corrected chi connectivity index (χ3v) is 2.39. The number of hydrogen-bond acceptors (Lipinski definition) is 3. The average Bonchev–Trinajstić information content (AvgIpc) is 2.28. The van der Waals surface area contributed by atoms with Crippen LogP contribution in [0.5, 0.6) is 0 Å². The van der Waals surface area contributed by atoms with Crippen LogP contribution in [0.4, 0.5) is 5.69 Å². The summed E-state index contributed by atoms with van der Waals surface area (Å²) >= 11 is 5.01. The molecule has 0 radical (unpaired) electrons. The zero-order valence-corrected chi connectivity index (χ0v) is 10.0. The summed E-state index contributed by atoms with van der Waals surface area (Å²) in [4.78, 5) is 15.1. The van der Waals surface area contributed by atoms with E-state index in [1.165, 1.54) is 6.92 Å². The van der Waals surface area contributed by atoms with Gasteiger partial charge in [0.2, 0.25) is 5.91 Å². The summed E-state index contributed by atoms with van der Waals surface area (Å²) in [6.45, 7) is 1.42. The molecule has 2 aromatic rings. The van der Waals surface area contributed by atoms with Gasteiger partial charge < -0.3 is 10.6 Å². The van der Waals surface area contributed by atoms with Gasteiger partial charge in [-0.1, -0.05) is 6.07 Å². The number of amides is 1. The van der Waals surface area contributed by atoms with E-state index in [9.17, 15) is 4.79 Å². The maximum absolute atomic E-state index is 10.9. The van der Waals surface area contributed by atoms with Crippen molar-refractivity contribution in [2.45, 2.75) is 6.92 Å². The monoisotopic (exact) mass is 245 g/mol. The molecule has 1 heterocycles. The second-order valence-corrected chi connectivity index (χ2v) is 3.92. The minimum atomic E-state index is -0.194. The van der Waals surface area contributed by atoms with Gasteiger partial charge in [0.15, 0.2) is 5.11 Å². The number of pyridine rings is 1. The SMILES string of the molecule is CC(=O)NC(=S)Nc1cccc2ncccc12. The second-order valence-electron chi connectivity index (χ2n) is 3.51. The van der Waals surface area contributed by atoms with Gasteiger partial charge in [-0.05, 0) is 36.5 Å². The minimum absolute atomic E-state index is 0.194. The molecule has 0 spiro atoms. The van der Waals surface area contributed by atoms with Crippen molar-refractivity contribution < 1.29 is 4.79 Å². The minimum Gasteiger partial charge on any atom is -0.332 e. The smallest absolute Gasteiger partial charge is 0.222 e. The van der Waals surface area contributed by atoms with Crippen LogP contribution in [0.25, 0.3) is 10.9 Å². The van der Waals surface area contributed by atoms with Gasteiger partial charge in [-0.2, -0.15) is 0 Å². The summed E-state index contributed by atoms with van der Waals surface area (Å²) in [6.07, 6.45) is 1.73. The fourth-order valence-corrected chi connectivity index (χ4v) is 1.78. The molecule has 0 aliphatic rings. The summed E-state index contributed by atoms with van der Waals surface area (Å²) in [7, 11) is 0. The zero-order chi connectivity index (χ0) is 12.3. The van der Waals surface area contributed by atoms with E-state index >= 15 is 0 Å². The van der Waals surface area contributed by atoms with E-state index in [2.05, 4.69) is 15.6 Å². The Kier molecular flexibility index (Phi) is 3.30. The average molecular weight is 245 g/mol. The standard InChI is InChI=1S/C12H11N3OS/c1-8(16)14-12(17)15-11-6-2-5-10-9(11)4-3-7-13-10/h2-7H,1H3,(H2,14,15,16,17). The number of hydrogen-bond donors (Lipinski definition) is 2. The Morgan fingerprint density at radius 1 is 1.29 bits per heavy atom. The maximum atomic E-state index is 10.9. The normalized spacial score (nSPS) is 9.94. The number of carbonyl (C=O) groups excluding carboxylic acids is 1. The van der Waals surface area contributed by atoms with Crippen molar-refractivity contribution in [1.29, 1.82) is 0 Å². The zero-order valence-electron chi connectivity index (χ0n) is 9.23. The molecule has 2 N–H and O–H groups in total. The fraction of sp³-hybridized carbons (Fsp3) is 0.0833. The van der Waals surface area contributed by atoms with Crippen LogP contribution in [0.3, 0.4) is 0 Å². The van der Waals surface area contributed by atoms with Gasteiger partial charge in [0, 0.05) is 24.2 Å². The van der Waals surface area contributed by atoms with Gasteiger partial charge in [-0.25, -0.2) is 0 Å². The van der Waals surface area contributed by atoms with Crippen molar-refractivity contribution >= 4 is 39.8 Å². The molecule has 1 aromatic heterocycles. The molecule has 0 aliphatic carbocycles. The van der Waals surface area contributed by atoms with Crippen molar-refractivity contribution in [3.63, 3.8) is 0 Å². The molecule has 1 aromatic carbocycles. The number of nitrogens with zero attached hydrogens (tertiary/aromatic N) is 1. The molecule has 0 bridgehead atoms. The first-order chi connectivity index (χ1) is 8.16. The predicted octanol–water partition coefficient (Wildman–Crippen LogP) is 2.07. The Labute approximate surface area is 104 Å². The molecule has 0 fully saturated rings. The van der Waals surface area contributed by atoms with Crippen LogP contribution in [0.1, 0.15) is 6.92 Å². The van der Waals surface area contributed by atoms with Crippen molar-refractivity contribution in [2.24, 2.45) is 0 Å². The van der Waals surface area contributed by atoms with Crippen LogP contribution in [-0.4, -0.2) is 16.0 Å². The Balaban J connectivity index is 2.30. The van der Waals surface area contributed by atoms with Gasteiger partial charge in [0.25, 0.3) is 0 Å². The second kappa shape index (κ2) is 4.88. The molecule has 1 amide bonds. The lowest BCUT2D eigenvalue weighted by Crippen LogP contribution is -2.32. The number of fused-ring (bicyclic) bond motifs is 1. The Morgan fingerprint density at radius 2 is 2.12 bits per heavy atom. The third kappa shape index (κ3) is 2.76. The van der Waals surface area contributed by atoms with E-state index in [0.717, 1.165) is 16.6 Å². The fourth-order valence-electron chi connectivity index (χ4n) is 1.53. The first-order valence-corrected chi connectivity index (χ1v) is 5.50. The van der Waals surface area contributed by atoms with Crippen LogP contribution >= 0.6 is 12.2 Å².